The average molecular weight is 358 g/mol. The first kappa shape index (κ1) is 16.8. The summed E-state index contributed by atoms with van der Waals surface area (Å²) < 4.78 is 11.0. The van der Waals surface area contributed by atoms with Gasteiger partial charge in [-0.15, -0.1) is 0 Å². The lowest BCUT2D eigenvalue weighted by atomic mass is 10.1. The molecule has 0 radical (unpaired) electrons. The number of aromatic nitrogens is 1. The number of benzene rings is 2. The standard InChI is InChI=1S/C22H18N2O3/c1-14-5-6-16(12-15(14)2)22-24-19-13-17(7-9-20(19)27-22)23-21(25)10-8-18-4-3-11-26-18/h3-13H,1-2H3,(H,23,25)/b10-8+. The summed E-state index contributed by atoms with van der Waals surface area (Å²) in [6, 6.07) is 15.0. The Kier molecular flexibility index (Phi) is 4.34. The summed E-state index contributed by atoms with van der Waals surface area (Å²) in [5.41, 5.74) is 5.36. The zero-order valence-corrected chi connectivity index (χ0v) is 15.0. The molecule has 0 saturated heterocycles. The first-order chi connectivity index (χ1) is 13.1. The number of aryl methyl sites for hydroxylation is 2. The van der Waals surface area contributed by atoms with Crippen molar-refractivity contribution in [3.8, 4) is 11.5 Å². The maximum absolute atomic E-state index is 12.1. The van der Waals surface area contributed by atoms with Crippen LogP contribution in [0.15, 0.2) is 69.7 Å². The smallest absolute Gasteiger partial charge is 0.248 e. The molecular formula is C22H18N2O3. The lowest BCUT2D eigenvalue weighted by molar-refractivity contribution is -0.111. The lowest BCUT2D eigenvalue weighted by Gasteiger charge is -2.01. The third-order valence-electron chi connectivity index (χ3n) is 4.35. The Balaban J connectivity index is 1.55. The topological polar surface area (TPSA) is 68.3 Å². The van der Waals surface area contributed by atoms with Crippen LogP contribution in [0.4, 0.5) is 5.69 Å². The Hall–Kier alpha value is -3.60. The molecule has 2 heterocycles. The van der Waals surface area contributed by atoms with E-state index in [0.29, 0.717) is 28.4 Å². The molecule has 0 fully saturated rings. The highest BCUT2D eigenvalue weighted by Gasteiger charge is 2.10. The molecular weight excluding hydrogens is 340 g/mol. The molecule has 27 heavy (non-hydrogen) atoms. The molecule has 0 bridgehead atoms. The second kappa shape index (κ2) is 6.96. The van der Waals surface area contributed by atoms with Crippen LogP contribution >= 0.6 is 0 Å². The molecule has 4 rings (SSSR count). The molecule has 4 aromatic rings. The van der Waals surface area contributed by atoms with Crippen LogP contribution in [0.2, 0.25) is 0 Å². The summed E-state index contributed by atoms with van der Waals surface area (Å²) >= 11 is 0. The quantitative estimate of drug-likeness (QED) is 0.499. The van der Waals surface area contributed by atoms with Crippen LogP contribution in [0.3, 0.4) is 0 Å². The second-order valence-electron chi connectivity index (χ2n) is 6.34. The van der Waals surface area contributed by atoms with Gasteiger partial charge < -0.3 is 14.2 Å². The molecule has 5 nitrogen and oxygen atoms in total. The Morgan fingerprint density at radius 1 is 1.07 bits per heavy atom. The summed E-state index contributed by atoms with van der Waals surface area (Å²) in [5, 5.41) is 2.81. The molecule has 0 spiro atoms. The summed E-state index contributed by atoms with van der Waals surface area (Å²) in [7, 11) is 0. The van der Waals surface area contributed by atoms with Crippen molar-refractivity contribution in [1.29, 1.82) is 0 Å². The maximum Gasteiger partial charge on any atom is 0.248 e. The number of furan rings is 1. The van der Waals surface area contributed by atoms with Crippen molar-refractivity contribution in [3.63, 3.8) is 0 Å². The first-order valence-corrected chi connectivity index (χ1v) is 8.59. The van der Waals surface area contributed by atoms with Gasteiger partial charge in [-0.1, -0.05) is 6.07 Å². The number of nitrogens with zero attached hydrogens (tertiary/aromatic N) is 1. The highest BCUT2D eigenvalue weighted by molar-refractivity contribution is 6.02. The highest BCUT2D eigenvalue weighted by Crippen LogP contribution is 2.27. The molecule has 0 atom stereocenters. The molecule has 134 valence electrons. The van der Waals surface area contributed by atoms with Gasteiger partial charge in [0.05, 0.1) is 6.26 Å². The van der Waals surface area contributed by atoms with E-state index in [-0.39, 0.29) is 5.91 Å². The molecule has 0 unspecified atom stereocenters. The van der Waals surface area contributed by atoms with Crippen molar-refractivity contribution in [2.75, 3.05) is 5.32 Å². The summed E-state index contributed by atoms with van der Waals surface area (Å²) in [5.74, 6) is 0.938. The number of hydrogen-bond acceptors (Lipinski definition) is 4. The normalized spacial score (nSPS) is 11.3. The SMILES string of the molecule is Cc1ccc(-c2nc3cc(NC(=O)/C=C/c4ccco4)ccc3o2)cc1C. The van der Waals surface area contributed by atoms with E-state index < -0.39 is 0 Å². The molecule has 0 aliphatic heterocycles. The van der Waals surface area contributed by atoms with Gasteiger partial charge in [-0.3, -0.25) is 4.79 Å². The first-order valence-electron chi connectivity index (χ1n) is 8.59. The number of amides is 1. The van der Waals surface area contributed by atoms with Gasteiger partial charge in [-0.05, 0) is 73.5 Å². The third kappa shape index (κ3) is 3.67. The largest absolute Gasteiger partial charge is 0.465 e. The number of nitrogens with one attached hydrogen (secondary N) is 1. The van der Waals surface area contributed by atoms with Gasteiger partial charge in [0.2, 0.25) is 11.8 Å². The van der Waals surface area contributed by atoms with E-state index >= 15 is 0 Å². The average Bonchev–Trinajstić information content (AvgIpc) is 3.31. The van der Waals surface area contributed by atoms with E-state index in [4.69, 9.17) is 8.83 Å². The molecule has 0 aliphatic rings. The van der Waals surface area contributed by atoms with Gasteiger partial charge in [-0.2, -0.15) is 0 Å². The lowest BCUT2D eigenvalue weighted by Crippen LogP contribution is -2.07. The predicted molar refractivity (Wildman–Crippen MR) is 105 cm³/mol. The van der Waals surface area contributed by atoms with Gasteiger partial charge in [-0.25, -0.2) is 4.98 Å². The fourth-order valence-corrected chi connectivity index (χ4v) is 2.73. The maximum atomic E-state index is 12.1. The van der Waals surface area contributed by atoms with Crippen molar-refractivity contribution in [3.05, 3.63) is 77.8 Å². The zero-order chi connectivity index (χ0) is 18.8. The number of hydrogen-bond donors (Lipinski definition) is 1. The van der Waals surface area contributed by atoms with Crippen LogP contribution in [0, 0.1) is 13.8 Å². The van der Waals surface area contributed by atoms with Crippen LogP contribution in [0.5, 0.6) is 0 Å². The number of carbonyl (C=O) groups excluding carboxylic acids is 1. The number of fused-ring (bicyclic) bond motifs is 1. The van der Waals surface area contributed by atoms with Crippen molar-refractivity contribution in [2.24, 2.45) is 0 Å². The number of carbonyl (C=O) groups is 1. The fourth-order valence-electron chi connectivity index (χ4n) is 2.73. The summed E-state index contributed by atoms with van der Waals surface area (Å²) in [6.45, 7) is 4.13. The Bertz CT molecular complexity index is 1140. The van der Waals surface area contributed by atoms with Gasteiger partial charge in [0.1, 0.15) is 11.3 Å². The minimum absolute atomic E-state index is 0.247. The van der Waals surface area contributed by atoms with Crippen LogP contribution in [-0.4, -0.2) is 10.9 Å². The monoisotopic (exact) mass is 358 g/mol. The minimum Gasteiger partial charge on any atom is -0.465 e. The number of anilines is 1. The zero-order valence-electron chi connectivity index (χ0n) is 15.0. The number of oxazole rings is 1. The van der Waals surface area contributed by atoms with Gasteiger partial charge >= 0.3 is 0 Å². The van der Waals surface area contributed by atoms with Gasteiger partial charge in [0, 0.05) is 17.3 Å². The summed E-state index contributed by atoms with van der Waals surface area (Å²) in [6.07, 6.45) is 4.59. The molecule has 0 aliphatic carbocycles. The Labute approximate surface area is 156 Å². The van der Waals surface area contributed by atoms with E-state index in [1.165, 1.54) is 17.2 Å². The second-order valence-corrected chi connectivity index (χ2v) is 6.34. The van der Waals surface area contributed by atoms with Crippen LogP contribution in [0.25, 0.3) is 28.6 Å². The minimum atomic E-state index is -0.247. The van der Waals surface area contributed by atoms with Crippen molar-refractivity contribution < 1.29 is 13.6 Å². The van der Waals surface area contributed by atoms with E-state index in [2.05, 4.69) is 36.3 Å². The summed E-state index contributed by atoms with van der Waals surface area (Å²) in [4.78, 5) is 16.6. The number of rotatable bonds is 4. The fraction of sp³-hybridized carbons (Fsp3) is 0.0909. The van der Waals surface area contributed by atoms with Crippen molar-refractivity contribution in [1.82, 2.24) is 4.98 Å². The van der Waals surface area contributed by atoms with E-state index in [9.17, 15) is 4.79 Å². The Morgan fingerprint density at radius 3 is 2.74 bits per heavy atom. The molecule has 2 aromatic carbocycles. The van der Waals surface area contributed by atoms with Crippen molar-refractivity contribution >= 4 is 28.8 Å². The van der Waals surface area contributed by atoms with Gasteiger partial charge in [0.15, 0.2) is 5.58 Å². The molecule has 1 N–H and O–H groups in total. The predicted octanol–water partition coefficient (Wildman–Crippen LogP) is 5.36. The molecule has 0 saturated carbocycles. The van der Waals surface area contributed by atoms with Crippen LogP contribution < -0.4 is 5.32 Å². The van der Waals surface area contributed by atoms with E-state index in [1.54, 1.807) is 42.7 Å². The third-order valence-corrected chi connectivity index (χ3v) is 4.35. The van der Waals surface area contributed by atoms with Crippen LogP contribution in [-0.2, 0) is 4.79 Å². The molecule has 2 aromatic heterocycles. The van der Waals surface area contributed by atoms with Gasteiger partial charge in [0.25, 0.3) is 0 Å². The Morgan fingerprint density at radius 2 is 1.96 bits per heavy atom. The molecule has 5 heteroatoms. The highest BCUT2D eigenvalue weighted by atomic mass is 16.3. The van der Waals surface area contributed by atoms with Crippen molar-refractivity contribution in [2.45, 2.75) is 13.8 Å². The van der Waals surface area contributed by atoms with E-state index in [0.717, 1.165) is 5.56 Å². The molecule has 1 amide bonds. The van der Waals surface area contributed by atoms with E-state index in [1.807, 2.05) is 6.07 Å². The van der Waals surface area contributed by atoms with Crippen LogP contribution in [0.1, 0.15) is 16.9 Å².